The van der Waals surface area contributed by atoms with Crippen LogP contribution in [0.1, 0.15) is 20.3 Å². The van der Waals surface area contributed by atoms with Crippen LogP contribution in [0.25, 0.3) is 0 Å². The largest absolute Gasteiger partial charge is 0.454 e. The van der Waals surface area contributed by atoms with Crippen molar-refractivity contribution in [3.63, 3.8) is 0 Å². The van der Waals surface area contributed by atoms with Crippen LogP contribution >= 0.6 is 0 Å². The minimum absolute atomic E-state index is 0.0997. The Morgan fingerprint density at radius 2 is 2.11 bits per heavy atom. The zero-order chi connectivity index (χ0) is 12.8. The molecule has 1 fully saturated rings. The summed E-state index contributed by atoms with van der Waals surface area (Å²) in [5.74, 6) is 2.23. The zero-order valence-corrected chi connectivity index (χ0v) is 11.0. The molecule has 2 N–H and O–H groups in total. The summed E-state index contributed by atoms with van der Waals surface area (Å²) in [6.07, 6.45) is 1.15. The molecule has 2 aliphatic rings. The van der Waals surface area contributed by atoms with E-state index in [-0.39, 0.29) is 5.54 Å². The van der Waals surface area contributed by atoms with E-state index in [1.165, 1.54) is 5.69 Å². The number of hydrogen-bond acceptors (Lipinski definition) is 4. The van der Waals surface area contributed by atoms with E-state index in [1.54, 1.807) is 0 Å². The number of ether oxygens (including phenoxy) is 2. The van der Waals surface area contributed by atoms with E-state index in [9.17, 15) is 0 Å². The highest BCUT2D eigenvalue weighted by Gasteiger charge is 2.40. The van der Waals surface area contributed by atoms with Crippen LogP contribution in [0, 0.1) is 5.92 Å². The first kappa shape index (κ1) is 11.7. The summed E-state index contributed by atoms with van der Waals surface area (Å²) in [6.45, 7) is 6.65. The molecule has 2 heterocycles. The van der Waals surface area contributed by atoms with Crippen molar-refractivity contribution < 1.29 is 9.47 Å². The molecule has 1 aromatic carbocycles. The van der Waals surface area contributed by atoms with E-state index in [0.717, 1.165) is 31.0 Å². The van der Waals surface area contributed by atoms with Gasteiger partial charge in [0.1, 0.15) is 0 Å². The SMILES string of the molecule is CC1(C)C(CN)CCN1c1ccc2c(c1)OCO2. The Morgan fingerprint density at radius 3 is 2.83 bits per heavy atom. The third-order valence-corrected chi connectivity index (χ3v) is 4.35. The lowest BCUT2D eigenvalue weighted by molar-refractivity contribution is 0.174. The van der Waals surface area contributed by atoms with Gasteiger partial charge in [-0.15, -0.1) is 0 Å². The number of nitrogens with zero attached hydrogens (tertiary/aromatic N) is 1. The van der Waals surface area contributed by atoms with E-state index in [1.807, 2.05) is 6.07 Å². The summed E-state index contributed by atoms with van der Waals surface area (Å²) >= 11 is 0. The van der Waals surface area contributed by atoms with Gasteiger partial charge in [-0.2, -0.15) is 0 Å². The molecule has 4 heteroatoms. The average molecular weight is 248 g/mol. The monoisotopic (exact) mass is 248 g/mol. The summed E-state index contributed by atoms with van der Waals surface area (Å²) in [5.41, 5.74) is 7.16. The van der Waals surface area contributed by atoms with Gasteiger partial charge in [0, 0.05) is 23.8 Å². The fourth-order valence-electron chi connectivity index (χ4n) is 3.07. The molecule has 4 nitrogen and oxygen atoms in total. The van der Waals surface area contributed by atoms with Gasteiger partial charge >= 0.3 is 0 Å². The lowest BCUT2D eigenvalue weighted by atomic mass is 9.88. The van der Waals surface area contributed by atoms with Crippen molar-refractivity contribution in [2.24, 2.45) is 11.7 Å². The Hall–Kier alpha value is -1.42. The molecule has 1 unspecified atom stereocenters. The first-order chi connectivity index (χ1) is 8.63. The summed E-state index contributed by atoms with van der Waals surface area (Å²) in [4.78, 5) is 2.42. The average Bonchev–Trinajstić information content (AvgIpc) is 2.91. The van der Waals surface area contributed by atoms with Gasteiger partial charge in [-0.05, 0) is 44.9 Å². The van der Waals surface area contributed by atoms with Crippen molar-refractivity contribution in [2.75, 3.05) is 24.8 Å². The summed E-state index contributed by atoms with van der Waals surface area (Å²) in [6, 6.07) is 6.17. The number of fused-ring (bicyclic) bond motifs is 1. The normalized spacial score (nSPS) is 24.6. The van der Waals surface area contributed by atoms with E-state index < -0.39 is 0 Å². The maximum absolute atomic E-state index is 5.87. The molecule has 98 valence electrons. The third kappa shape index (κ3) is 1.63. The van der Waals surface area contributed by atoms with Crippen LogP contribution < -0.4 is 20.1 Å². The van der Waals surface area contributed by atoms with Gasteiger partial charge in [0.2, 0.25) is 6.79 Å². The van der Waals surface area contributed by atoms with Crippen LogP contribution in [-0.4, -0.2) is 25.4 Å². The maximum Gasteiger partial charge on any atom is 0.231 e. The molecule has 0 saturated carbocycles. The maximum atomic E-state index is 5.87. The zero-order valence-electron chi connectivity index (χ0n) is 11.0. The Labute approximate surface area is 108 Å². The Balaban J connectivity index is 1.91. The molecule has 0 aliphatic carbocycles. The molecule has 0 spiro atoms. The number of anilines is 1. The molecule has 1 saturated heterocycles. The smallest absolute Gasteiger partial charge is 0.231 e. The molecule has 1 atom stereocenters. The fourth-order valence-corrected chi connectivity index (χ4v) is 3.07. The van der Waals surface area contributed by atoms with Crippen molar-refractivity contribution in [3.8, 4) is 11.5 Å². The van der Waals surface area contributed by atoms with Crippen molar-refractivity contribution in [3.05, 3.63) is 18.2 Å². The van der Waals surface area contributed by atoms with Gasteiger partial charge in [0.15, 0.2) is 11.5 Å². The summed E-state index contributed by atoms with van der Waals surface area (Å²) < 4.78 is 10.8. The molecule has 0 bridgehead atoms. The number of rotatable bonds is 2. The molecule has 18 heavy (non-hydrogen) atoms. The Morgan fingerprint density at radius 1 is 1.33 bits per heavy atom. The van der Waals surface area contributed by atoms with Crippen molar-refractivity contribution in [2.45, 2.75) is 25.8 Å². The van der Waals surface area contributed by atoms with E-state index >= 15 is 0 Å². The van der Waals surface area contributed by atoms with Crippen molar-refractivity contribution in [1.29, 1.82) is 0 Å². The second-order valence-electron chi connectivity index (χ2n) is 5.56. The number of nitrogens with two attached hydrogens (primary N) is 1. The van der Waals surface area contributed by atoms with Crippen LogP contribution in [0.2, 0.25) is 0 Å². The van der Waals surface area contributed by atoms with E-state index in [4.69, 9.17) is 15.2 Å². The lowest BCUT2D eigenvalue weighted by Gasteiger charge is -2.37. The predicted molar refractivity (Wildman–Crippen MR) is 71.2 cm³/mol. The third-order valence-electron chi connectivity index (χ3n) is 4.35. The fraction of sp³-hybridized carbons (Fsp3) is 0.571. The Kier molecular flexibility index (Phi) is 2.63. The summed E-state index contributed by atoms with van der Waals surface area (Å²) in [5, 5.41) is 0. The lowest BCUT2D eigenvalue weighted by Crippen LogP contribution is -2.44. The minimum Gasteiger partial charge on any atom is -0.454 e. The Bertz CT molecular complexity index is 459. The predicted octanol–water partition coefficient (Wildman–Crippen LogP) is 1.98. The molecular formula is C14H20N2O2. The van der Waals surface area contributed by atoms with Crippen molar-refractivity contribution >= 4 is 5.69 Å². The molecule has 0 radical (unpaired) electrons. The second-order valence-corrected chi connectivity index (χ2v) is 5.56. The molecular weight excluding hydrogens is 228 g/mol. The van der Waals surface area contributed by atoms with Crippen LogP contribution in [0.15, 0.2) is 18.2 Å². The molecule has 0 amide bonds. The molecule has 1 aromatic rings. The number of hydrogen-bond donors (Lipinski definition) is 1. The van der Waals surface area contributed by atoms with Gasteiger partial charge in [-0.25, -0.2) is 0 Å². The first-order valence-corrected chi connectivity index (χ1v) is 6.50. The van der Waals surface area contributed by atoms with Gasteiger partial charge < -0.3 is 20.1 Å². The topological polar surface area (TPSA) is 47.7 Å². The van der Waals surface area contributed by atoms with Gasteiger partial charge in [0.05, 0.1) is 0 Å². The quantitative estimate of drug-likeness (QED) is 0.869. The second kappa shape index (κ2) is 4.05. The minimum atomic E-state index is 0.0997. The molecule has 0 aromatic heterocycles. The van der Waals surface area contributed by atoms with E-state index in [2.05, 4.69) is 30.9 Å². The highest BCUT2D eigenvalue weighted by Crippen LogP contribution is 2.41. The standard InChI is InChI=1S/C14H20N2O2/c1-14(2)10(8-15)5-6-16(14)11-3-4-12-13(7-11)18-9-17-12/h3-4,7,10H,5-6,8-9,15H2,1-2H3. The summed E-state index contributed by atoms with van der Waals surface area (Å²) in [7, 11) is 0. The first-order valence-electron chi connectivity index (χ1n) is 6.50. The molecule has 2 aliphatic heterocycles. The van der Waals surface area contributed by atoms with Gasteiger partial charge in [-0.1, -0.05) is 0 Å². The van der Waals surface area contributed by atoms with Gasteiger partial charge in [0.25, 0.3) is 0 Å². The van der Waals surface area contributed by atoms with Crippen LogP contribution in [0.5, 0.6) is 11.5 Å². The highest BCUT2D eigenvalue weighted by atomic mass is 16.7. The van der Waals surface area contributed by atoms with E-state index in [0.29, 0.717) is 12.7 Å². The van der Waals surface area contributed by atoms with Crippen LogP contribution in [-0.2, 0) is 0 Å². The van der Waals surface area contributed by atoms with Crippen molar-refractivity contribution in [1.82, 2.24) is 0 Å². The number of benzene rings is 1. The molecule has 3 rings (SSSR count). The highest BCUT2D eigenvalue weighted by molar-refractivity contribution is 5.59. The van der Waals surface area contributed by atoms with Crippen LogP contribution in [0.4, 0.5) is 5.69 Å². The van der Waals surface area contributed by atoms with Gasteiger partial charge in [-0.3, -0.25) is 0 Å². The van der Waals surface area contributed by atoms with Crippen LogP contribution in [0.3, 0.4) is 0 Å².